The number of rotatable bonds is 5. The van der Waals surface area contributed by atoms with Gasteiger partial charge in [-0.3, -0.25) is 14.6 Å². The largest absolute Gasteiger partial charge is 0.349 e. The second-order valence-electron chi connectivity index (χ2n) is 7.27. The molecule has 1 amide bonds. The topological polar surface area (TPSA) is 138 Å². The van der Waals surface area contributed by atoms with Gasteiger partial charge in [-0.1, -0.05) is 0 Å². The Morgan fingerprint density at radius 2 is 1.97 bits per heavy atom. The number of aromatic amines is 1. The number of H-pyrrole nitrogens is 1. The molecule has 0 saturated carbocycles. The Morgan fingerprint density at radius 1 is 1.19 bits per heavy atom. The lowest BCUT2D eigenvalue weighted by molar-refractivity contribution is 0.0929. The molecule has 1 fully saturated rings. The SMILES string of the molecule is NN=C(C=Nc1ccc(C(=O)NC2CCNCC2)cc1)c1cc2cccnc2[nH]c1=O. The van der Waals surface area contributed by atoms with Gasteiger partial charge in [-0.15, -0.1) is 0 Å². The number of pyridine rings is 2. The molecule has 9 nitrogen and oxygen atoms in total. The Kier molecular flexibility index (Phi) is 6.13. The number of fused-ring (bicyclic) bond motifs is 1. The van der Waals surface area contributed by atoms with Crippen LogP contribution in [0.15, 0.2) is 63.5 Å². The number of hydrogen-bond acceptors (Lipinski definition) is 7. The monoisotopic (exact) mass is 417 g/mol. The van der Waals surface area contributed by atoms with Gasteiger partial charge < -0.3 is 21.5 Å². The van der Waals surface area contributed by atoms with Crippen molar-refractivity contribution in [2.24, 2.45) is 15.9 Å². The lowest BCUT2D eigenvalue weighted by Gasteiger charge is -2.23. The average molecular weight is 417 g/mol. The van der Waals surface area contributed by atoms with Crippen molar-refractivity contribution in [1.29, 1.82) is 0 Å². The first kappa shape index (κ1) is 20.4. The number of nitrogens with zero attached hydrogens (tertiary/aromatic N) is 3. The maximum Gasteiger partial charge on any atom is 0.259 e. The summed E-state index contributed by atoms with van der Waals surface area (Å²) < 4.78 is 0. The number of benzene rings is 1. The quantitative estimate of drug-likeness (QED) is 0.283. The van der Waals surface area contributed by atoms with Crippen LogP contribution in [0.3, 0.4) is 0 Å². The molecule has 1 aliphatic rings. The Bertz CT molecular complexity index is 1190. The zero-order chi connectivity index (χ0) is 21.6. The zero-order valence-corrected chi connectivity index (χ0v) is 16.8. The standard InChI is InChI=1S/C22H23N7O2/c23-29-19(18-12-15-2-1-9-25-20(15)28-22(18)31)13-26-16-5-3-14(4-6-16)21(30)27-17-7-10-24-11-8-17/h1-6,9,12-13,17,24H,7-8,10-11,23H2,(H,27,30)(H,25,28,31). The molecule has 1 aromatic carbocycles. The van der Waals surface area contributed by atoms with Gasteiger partial charge in [-0.25, -0.2) is 4.98 Å². The molecule has 1 saturated heterocycles. The van der Waals surface area contributed by atoms with E-state index in [1.54, 1.807) is 42.6 Å². The minimum Gasteiger partial charge on any atom is -0.349 e. The van der Waals surface area contributed by atoms with Crippen molar-refractivity contribution >= 4 is 34.6 Å². The number of nitrogens with two attached hydrogens (primary N) is 1. The van der Waals surface area contributed by atoms with Crippen LogP contribution < -0.4 is 22.0 Å². The highest BCUT2D eigenvalue weighted by Gasteiger charge is 2.16. The third-order valence-corrected chi connectivity index (χ3v) is 5.17. The highest BCUT2D eigenvalue weighted by Crippen LogP contribution is 2.14. The van der Waals surface area contributed by atoms with Crippen LogP contribution in [0.1, 0.15) is 28.8 Å². The number of carbonyl (C=O) groups is 1. The maximum absolute atomic E-state index is 12.4. The predicted octanol–water partition coefficient (Wildman–Crippen LogP) is 1.47. The number of piperidine rings is 1. The molecule has 9 heteroatoms. The predicted molar refractivity (Wildman–Crippen MR) is 121 cm³/mol. The fraction of sp³-hybridized carbons (Fsp3) is 0.227. The molecule has 0 aliphatic carbocycles. The number of hydrogen-bond donors (Lipinski definition) is 4. The summed E-state index contributed by atoms with van der Waals surface area (Å²) in [4.78, 5) is 36.0. The molecule has 4 rings (SSSR count). The van der Waals surface area contributed by atoms with Crippen LogP contribution in [-0.2, 0) is 0 Å². The van der Waals surface area contributed by atoms with Crippen molar-refractivity contribution in [3.05, 3.63) is 70.1 Å². The van der Waals surface area contributed by atoms with E-state index < -0.39 is 0 Å². The summed E-state index contributed by atoms with van der Waals surface area (Å²) in [5.41, 5.74) is 1.85. The Labute approximate surface area is 178 Å². The first-order chi connectivity index (χ1) is 15.1. The number of nitrogens with one attached hydrogen (secondary N) is 3. The lowest BCUT2D eigenvalue weighted by atomic mass is 10.1. The number of hydrazone groups is 1. The van der Waals surface area contributed by atoms with E-state index in [9.17, 15) is 9.59 Å². The number of carbonyl (C=O) groups excluding carboxylic acids is 1. The molecule has 0 spiro atoms. The molecule has 158 valence electrons. The maximum atomic E-state index is 12.4. The molecule has 3 heterocycles. The summed E-state index contributed by atoms with van der Waals surface area (Å²) in [6, 6.07) is 12.4. The van der Waals surface area contributed by atoms with Gasteiger partial charge in [0.1, 0.15) is 11.4 Å². The molecule has 3 aromatic rings. The van der Waals surface area contributed by atoms with Crippen LogP contribution in [0.5, 0.6) is 0 Å². The van der Waals surface area contributed by atoms with Crippen LogP contribution in [0.2, 0.25) is 0 Å². The first-order valence-electron chi connectivity index (χ1n) is 10.1. The Hall–Kier alpha value is -3.85. The molecule has 31 heavy (non-hydrogen) atoms. The van der Waals surface area contributed by atoms with E-state index in [-0.39, 0.29) is 23.2 Å². The van der Waals surface area contributed by atoms with E-state index in [0.29, 0.717) is 22.5 Å². The summed E-state index contributed by atoms with van der Waals surface area (Å²) in [7, 11) is 0. The van der Waals surface area contributed by atoms with E-state index in [1.807, 2.05) is 6.07 Å². The van der Waals surface area contributed by atoms with E-state index in [2.05, 4.69) is 30.7 Å². The van der Waals surface area contributed by atoms with Crippen LogP contribution in [0.4, 0.5) is 5.69 Å². The van der Waals surface area contributed by atoms with Crippen molar-refractivity contribution in [2.45, 2.75) is 18.9 Å². The van der Waals surface area contributed by atoms with Gasteiger partial charge in [-0.05, 0) is 68.4 Å². The molecule has 5 N–H and O–H groups in total. The Morgan fingerprint density at radius 3 is 2.71 bits per heavy atom. The number of aromatic nitrogens is 2. The second-order valence-corrected chi connectivity index (χ2v) is 7.27. The fourth-order valence-electron chi connectivity index (χ4n) is 3.47. The molecular weight excluding hydrogens is 394 g/mol. The van der Waals surface area contributed by atoms with Gasteiger partial charge in [0.15, 0.2) is 0 Å². The highest BCUT2D eigenvalue weighted by molar-refractivity contribution is 6.38. The molecule has 0 unspecified atom stereocenters. The van der Waals surface area contributed by atoms with Gasteiger partial charge in [-0.2, -0.15) is 5.10 Å². The second kappa shape index (κ2) is 9.31. The van der Waals surface area contributed by atoms with Crippen LogP contribution in [0, 0.1) is 0 Å². The van der Waals surface area contributed by atoms with E-state index in [1.165, 1.54) is 6.21 Å². The van der Waals surface area contributed by atoms with Gasteiger partial charge in [0.05, 0.1) is 17.5 Å². The summed E-state index contributed by atoms with van der Waals surface area (Å²) in [5, 5.41) is 10.8. The van der Waals surface area contributed by atoms with Gasteiger partial charge in [0.25, 0.3) is 11.5 Å². The zero-order valence-electron chi connectivity index (χ0n) is 16.8. The van der Waals surface area contributed by atoms with Gasteiger partial charge in [0.2, 0.25) is 0 Å². The Balaban J connectivity index is 1.48. The molecule has 0 atom stereocenters. The van der Waals surface area contributed by atoms with Crippen LogP contribution >= 0.6 is 0 Å². The third-order valence-electron chi connectivity index (χ3n) is 5.17. The van der Waals surface area contributed by atoms with E-state index >= 15 is 0 Å². The molecular formula is C22H23N7O2. The van der Waals surface area contributed by atoms with Crippen molar-refractivity contribution in [1.82, 2.24) is 20.6 Å². The van der Waals surface area contributed by atoms with E-state index in [4.69, 9.17) is 5.84 Å². The highest BCUT2D eigenvalue weighted by atomic mass is 16.1. The minimum absolute atomic E-state index is 0.0945. The fourth-order valence-corrected chi connectivity index (χ4v) is 3.47. The van der Waals surface area contributed by atoms with Crippen LogP contribution in [0.25, 0.3) is 11.0 Å². The lowest BCUT2D eigenvalue weighted by Crippen LogP contribution is -2.42. The van der Waals surface area contributed by atoms with Crippen LogP contribution in [-0.4, -0.2) is 46.9 Å². The molecule has 0 radical (unpaired) electrons. The normalized spacial score (nSPS) is 15.4. The summed E-state index contributed by atoms with van der Waals surface area (Å²) in [5.74, 6) is 5.41. The summed E-state index contributed by atoms with van der Waals surface area (Å²) in [6.07, 6.45) is 4.89. The van der Waals surface area contributed by atoms with Gasteiger partial charge in [0, 0.05) is 23.2 Å². The van der Waals surface area contributed by atoms with Gasteiger partial charge >= 0.3 is 0 Å². The third kappa shape index (κ3) is 4.84. The summed E-state index contributed by atoms with van der Waals surface area (Å²) >= 11 is 0. The van der Waals surface area contributed by atoms with Crippen molar-refractivity contribution in [2.75, 3.05) is 13.1 Å². The average Bonchev–Trinajstić information content (AvgIpc) is 2.80. The smallest absolute Gasteiger partial charge is 0.259 e. The molecule has 2 aromatic heterocycles. The molecule has 1 aliphatic heterocycles. The molecule has 0 bridgehead atoms. The van der Waals surface area contributed by atoms with E-state index in [0.717, 1.165) is 31.3 Å². The van der Waals surface area contributed by atoms with Crippen molar-refractivity contribution in [3.8, 4) is 0 Å². The minimum atomic E-state index is -0.355. The number of aliphatic imine (C=N–C) groups is 1. The first-order valence-corrected chi connectivity index (χ1v) is 10.1. The summed E-state index contributed by atoms with van der Waals surface area (Å²) in [6.45, 7) is 1.83. The van der Waals surface area contributed by atoms with Crippen molar-refractivity contribution in [3.63, 3.8) is 0 Å². The van der Waals surface area contributed by atoms with Crippen molar-refractivity contribution < 1.29 is 4.79 Å². The number of amides is 1.